The van der Waals surface area contributed by atoms with Crippen LogP contribution in [0.15, 0.2) is 42.9 Å². The first-order valence-electron chi connectivity index (χ1n) is 7.48. The Balaban J connectivity index is 2.00. The van der Waals surface area contributed by atoms with E-state index < -0.39 is 17.7 Å². The van der Waals surface area contributed by atoms with Gasteiger partial charge in [0.15, 0.2) is 5.69 Å². The average molecular weight is 375 g/mol. The molecule has 3 aromatic rings. The van der Waals surface area contributed by atoms with E-state index in [1.165, 1.54) is 30.0 Å². The molecule has 0 saturated heterocycles. The molecule has 0 bridgehead atoms. The van der Waals surface area contributed by atoms with E-state index in [4.69, 9.17) is 15.7 Å². The van der Waals surface area contributed by atoms with Crippen molar-refractivity contribution in [1.29, 1.82) is 5.26 Å². The van der Waals surface area contributed by atoms with Gasteiger partial charge in [-0.25, -0.2) is 9.48 Å². The van der Waals surface area contributed by atoms with Gasteiger partial charge in [-0.05, 0) is 24.3 Å². The van der Waals surface area contributed by atoms with Crippen LogP contribution < -0.4 is 5.73 Å². The number of nitrogen functional groups attached to an aromatic ring is 1. The summed E-state index contributed by atoms with van der Waals surface area (Å²) in [7, 11) is 1.18. The maximum atomic E-state index is 12.7. The highest BCUT2D eigenvalue weighted by atomic mass is 19.4. The monoisotopic (exact) mass is 375 g/mol. The van der Waals surface area contributed by atoms with Crippen molar-refractivity contribution in [3.05, 3.63) is 59.7 Å². The van der Waals surface area contributed by atoms with Gasteiger partial charge in [0.1, 0.15) is 6.07 Å². The highest BCUT2D eigenvalue weighted by molar-refractivity contribution is 5.95. The summed E-state index contributed by atoms with van der Waals surface area (Å²) in [5.74, 6) is -0.722. The molecule has 0 fully saturated rings. The van der Waals surface area contributed by atoms with Crippen LogP contribution >= 0.6 is 0 Å². The summed E-state index contributed by atoms with van der Waals surface area (Å²) in [4.78, 5) is 12.0. The van der Waals surface area contributed by atoms with Gasteiger partial charge in [0, 0.05) is 18.1 Å². The summed E-state index contributed by atoms with van der Waals surface area (Å²) in [6.45, 7) is 0. The summed E-state index contributed by atoms with van der Waals surface area (Å²) in [6, 6.07) is 8.03. The van der Waals surface area contributed by atoms with Gasteiger partial charge in [-0.1, -0.05) is 0 Å². The molecule has 0 aliphatic heterocycles. The van der Waals surface area contributed by atoms with Crippen LogP contribution in [-0.2, 0) is 10.9 Å². The fourth-order valence-corrected chi connectivity index (χ4v) is 2.49. The standard InChI is InChI=1S/C17H12F3N5O2/c1-27-16(26)15-14(22)10(6-21)8-24(15)12-2-4-13(5-3-12)25-9-11(7-23-25)17(18,19)20/h2-5,7-9H,22H2,1H3. The Hall–Kier alpha value is -3.74. The lowest BCUT2D eigenvalue weighted by Gasteiger charge is -2.09. The predicted octanol–water partition coefficient (Wildman–Crippen LogP) is 2.92. The maximum Gasteiger partial charge on any atom is 0.419 e. The van der Waals surface area contributed by atoms with E-state index in [-0.39, 0.29) is 16.9 Å². The van der Waals surface area contributed by atoms with E-state index >= 15 is 0 Å². The molecule has 0 spiro atoms. The summed E-state index contributed by atoms with van der Waals surface area (Å²) in [5.41, 5.74) is 5.88. The second-order valence-electron chi connectivity index (χ2n) is 5.47. The van der Waals surface area contributed by atoms with Crippen molar-refractivity contribution in [2.45, 2.75) is 6.18 Å². The lowest BCUT2D eigenvalue weighted by Crippen LogP contribution is -2.11. The average Bonchev–Trinajstić information content (AvgIpc) is 3.26. The van der Waals surface area contributed by atoms with Crippen LogP contribution in [0, 0.1) is 11.3 Å². The first-order valence-corrected chi connectivity index (χ1v) is 7.48. The van der Waals surface area contributed by atoms with E-state index in [9.17, 15) is 18.0 Å². The SMILES string of the molecule is COC(=O)c1c(N)c(C#N)cn1-c1ccc(-n2cc(C(F)(F)F)cn2)cc1. The number of hydrogen-bond donors (Lipinski definition) is 1. The molecule has 0 aliphatic carbocycles. The normalized spacial score (nSPS) is 11.2. The number of alkyl halides is 3. The molecule has 0 radical (unpaired) electrons. The Labute approximate surface area is 151 Å². The summed E-state index contributed by atoms with van der Waals surface area (Å²) in [5, 5.41) is 12.8. The quantitative estimate of drug-likeness (QED) is 0.710. The van der Waals surface area contributed by atoms with E-state index in [1.807, 2.05) is 6.07 Å². The summed E-state index contributed by atoms with van der Waals surface area (Å²) >= 11 is 0. The zero-order valence-electron chi connectivity index (χ0n) is 13.9. The minimum Gasteiger partial charge on any atom is -0.464 e. The first kappa shape index (κ1) is 18.1. The van der Waals surface area contributed by atoms with Crippen LogP contribution in [0.1, 0.15) is 21.6 Å². The van der Waals surface area contributed by atoms with E-state index in [0.29, 0.717) is 11.4 Å². The first-order chi connectivity index (χ1) is 12.8. The van der Waals surface area contributed by atoms with Crippen LogP contribution in [0.3, 0.4) is 0 Å². The smallest absolute Gasteiger partial charge is 0.419 e. The number of carbonyl (C=O) groups excluding carboxylic acids is 1. The van der Waals surface area contributed by atoms with Gasteiger partial charge in [-0.2, -0.15) is 23.5 Å². The number of rotatable bonds is 3. The molecule has 0 unspecified atom stereocenters. The number of aromatic nitrogens is 3. The lowest BCUT2D eigenvalue weighted by molar-refractivity contribution is -0.137. The fraction of sp³-hybridized carbons (Fsp3) is 0.118. The zero-order valence-corrected chi connectivity index (χ0v) is 13.9. The topological polar surface area (TPSA) is 98.9 Å². The van der Waals surface area contributed by atoms with Crippen molar-refractivity contribution in [3.8, 4) is 17.4 Å². The molecule has 0 atom stereocenters. The van der Waals surface area contributed by atoms with Gasteiger partial charge in [0.05, 0.1) is 35.8 Å². The van der Waals surface area contributed by atoms with Crippen molar-refractivity contribution < 1.29 is 22.7 Å². The Morgan fingerprint density at radius 2 is 1.85 bits per heavy atom. The Morgan fingerprint density at radius 1 is 1.22 bits per heavy atom. The van der Waals surface area contributed by atoms with Gasteiger partial charge in [-0.15, -0.1) is 0 Å². The Bertz CT molecular complexity index is 1040. The Morgan fingerprint density at radius 3 is 2.37 bits per heavy atom. The zero-order chi connectivity index (χ0) is 19.8. The van der Waals surface area contributed by atoms with Crippen molar-refractivity contribution in [2.24, 2.45) is 0 Å². The van der Waals surface area contributed by atoms with E-state index in [1.54, 1.807) is 12.1 Å². The number of anilines is 1. The molecule has 0 saturated carbocycles. The minimum absolute atomic E-state index is 0.0137. The number of benzene rings is 1. The summed E-state index contributed by atoms with van der Waals surface area (Å²) in [6.07, 6.45) is -1.50. The fourth-order valence-electron chi connectivity index (χ4n) is 2.49. The Kier molecular flexibility index (Phi) is 4.37. The van der Waals surface area contributed by atoms with Crippen molar-refractivity contribution >= 4 is 11.7 Å². The molecule has 138 valence electrons. The number of halogens is 3. The molecular formula is C17H12F3N5O2. The summed E-state index contributed by atoms with van der Waals surface area (Å²) < 4.78 is 45.2. The van der Waals surface area contributed by atoms with Gasteiger partial charge in [0.2, 0.25) is 0 Å². The number of ether oxygens (including phenoxy) is 1. The molecular weight excluding hydrogens is 363 g/mol. The molecule has 2 aromatic heterocycles. The number of methoxy groups -OCH3 is 1. The lowest BCUT2D eigenvalue weighted by atomic mass is 10.2. The number of nitriles is 1. The minimum atomic E-state index is -4.48. The molecule has 27 heavy (non-hydrogen) atoms. The van der Waals surface area contributed by atoms with Gasteiger partial charge >= 0.3 is 12.1 Å². The molecule has 3 rings (SSSR count). The highest BCUT2D eigenvalue weighted by Crippen LogP contribution is 2.29. The molecule has 2 heterocycles. The number of carbonyl (C=O) groups is 1. The van der Waals surface area contributed by atoms with Crippen LogP contribution in [0.4, 0.5) is 18.9 Å². The molecule has 1 aromatic carbocycles. The molecule has 2 N–H and O–H groups in total. The number of hydrogen-bond acceptors (Lipinski definition) is 5. The van der Waals surface area contributed by atoms with Crippen molar-refractivity contribution in [3.63, 3.8) is 0 Å². The second-order valence-corrected chi connectivity index (χ2v) is 5.47. The largest absolute Gasteiger partial charge is 0.464 e. The van der Waals surface area contributed by atoms with Crippen molar-refractivity contribution in [1.82, 2.24) is 14.3 Å². The van der Waals surface area contributed by atoms with Crippen molar-refractivity contribution in [2.75, 3.05) is 12.8 Å². The number of nitrogens with zero attached hydrogens (tertiary/aromatic N) is 4. The van der Waals surface area contributed by atoms with Gasteiger partial charge in [-0.3, -0.25) is 0 Å². The van der Waals surface area contributed by atoms with E-state index in [0.717, 1.165) is 17.1 Å². The molecule has 10 heteroatoms. The third-order valence-corrected chi connectivity index (χ3v) is 3.85. The number of esters is 1. The third-order valence-electron chi connectivity index (χ3n) is 3.85. The van der Waals surface area contributed by atoms with Crippen LogP contribution in [0.5, 0.6) is 0 Å². The molecule has 0 amide bonds. The van der Waals surface area contributed by atoms with Crippen LogP contribution in [0.25, 0.3) is 11.4 Å². The molecule has 0 aliphatic rings. The molecule has 7 nitrogen and oxygen atoms in total. The second kappa shape index (κ2) is 6.53. The van der Waals surface area contributed by atoms with Crippen LogP contribution in [0.2, 0.25) is 0 Å². The van der Waals surface area contributed by atoms with Crippen LogP contribution in [-0.4, -0.2) is 27.4 Å². The van der Waals surface area contributed by atoms with Gasteiger partial charge in [0.25, 0.3) is 0 Å². The third kappa shape index (κ3) is 3.22. The highest BCUT2D eigenvalue weighted by Gasteiger charge is 2.32. The maximum absolute atomic E-state index is 12.7. The van der Waals surface area contributed by atoms with Gasteiger partial charge < -0.3 is 15.0 Å². The van der Waals surface area contributed by atoms with E-state index in [2.05, 4.69) is 5.10 Å². The predicted molar refractivity (Wildman–Crippen MR) is 88.4 cm³/mol. The number of nitrogens with two attached hydrogens (primary N) is 1.